The monoisotopic (exact) mass is 142 g/mol. The van der Waals surface area contributed by atoms with Gasteiger partial charge < -0.3 is 10.2 Å². The van der Waals surface area contributed by atoms with Crippen molar-refractivity contribution in [3.8, 4) is 0 Å². The van der Waals surface area contributed by atoms with Gasteiger partial charge in [-0.1, -0.05) is 12.2 Å². The van der Waals surface area contributed by atoms with Gasteiger partial charge in [0.05, 0.1) is 12.7 Å². The minimum Gasteiger partial charge on any atom is -0.396 e. The molecule has 2 N–H and O–H groups in total. The second-order valence-corrected chi connectivity index (χ2v) is 2.17. The van der Waals surface area contributed by atoms with E-state index in [2.05, 4.69) is 13.2 Å². The molecule has 0 radical (unpaired) electrons. The van der Waals surface area contributed by atoms with Crippen molar-refractivity contribution in [3.63, 3.8) is 0 Å². The van der Waals surface area contributed by atoms with Crippen LogP contribution >= 0.6 is 0 Å². The third-order valence-electron chi connectivity index (χ3n) is 1.42. The Morgan fingerprint density at radius 1 is 1.40 bits per heavy atom. The van der Waals surface area contributed by atoms with Crippen molar-refractivity contribution in [2.45, 2.75) is 12.5 Å². The fourth-order valence-electron chi connectivity index (χ4n) is 0.699. The molecule has 10 heavy (non-hydrogen) atoms. The quantitative estimate of drug-likeness (QED) is 0.555. The second-order valence-electron chi connectivity index (χ2n) is 2.17. The molecule has 2 unspecified atom stereocenters. The Bertz CT molecular complexity index is 110. The average Bonchev–Trinajstić information content (AvgIpc) is 1.91. The lowest BCUT2D eigenvalue weighted by Crippen LogP contribution is -2.20. The first-order valence-electron chi connectivity index (χ1n) is 3.28. The molecule has 0 aliphatic carbocycles. The third kappa shape index (κ3) is 2.80. The zero-order valence-corrected chi connectivity index (χ0v) is 6.03. The van der Waals surface area contributed by atoms with Gasteiger partial charge in [-0.25, -0.2) is 0 Å². The maximum absolute atomic E-state index is 9.21. The Hall–Kier alpha value is -0.600. The molecule has 2 nitrogen and oxygen atoms in total. The van der Waals surface area contributed by atoms with Crippen molar-refractivity contribution >= 4 is 0 Å². The number of rotatable bonds is 5. The maximum Gasteiger partial charge on any atom is 0.0659 e. The van der Waals surface area contributed by atoms with Gasteiger partial charge in [-0.3, -0.25) is 0 Å². The highest BCUT2D eigenvalue weighted by Crippen LogP contribution is 2.07. The summed E-state index contributed by atoms with van der Waals surface area (Å²) in [6.07, 6.45) is 3.13. The van der Waals surface area contributed by atoms with Gasteiger partial charge in [0.1, 0.15) is 0 Å². The van der Waals surface area contributed by atoms with E-state index in [0.29, 0.717) is 6.42 Å². The van der Waals surface area contributed by atoms with Crippen LogP contribution in [0.15, 0.2) is 25.3 Å². The molecule has 0 heterocycles. The molecule has 0 fully saturated rings. The van der Waals surface area contributed by atoms with E-state index in [1.807, 2.05) is 0 Å². The average molecular weight is 142 g/mol. The highest BCUT2D eigenvalue weighted by molar-refractivity contribution is 4.87. The van der Waals surface area contributed by atoms with Crippen molar-refractivity contribution in [1.82, 2.24) is 0 Å². The molecule has 0 spiro atoms. The van der Waals surface area contributed by atoms with E-state index in [0.717, 1.165) is 0 Å². The van der Waals surface area contributed by atoms with Crippen LogP contribution in [0.4, 0.5) is 0 Å². The first-order chi connectivity index (χ1) is 4.76. The molecular weight excluding hydrogens is 128 g/mol. The number of hydrogen-bond acceptors (Lipinski definition) is 2. The molecule has 0 amide bonds. The van der Waals surface area contributed by atoms with Crippen molar-refractivity contribution in [2.75, 3.05) is 6.61 Å². The van der Waals surface area contributed by atoms with Gasteiger partial charge in [0, 0.05) is 5.92 Å². The van der Waals surface area contributed by atoms with Crippen LogP contribution in [-0.2, 0) is 0 Å². The van der Waals surface area contributed by atoms with Crippen molar-refractivity contribution in [1.29, 1.82) is 0 Å². The van der Waals surface area contributed by atoms with Crippen molar-refractivity contribution in [2.24, 2.45) is 5.92 Å². The van der Waals surface area contributed by atoms with Crippen LogP contribution in [0.3, 0.4) is 0 Å². The van der Waals surface area contributed by atoms with E-state index in [4.69, 9.17) is 5.11 Å². The van der Waals surface area contributed by atoms with E-state index in [9.17, 15) is 5.11 Å². The summed E-state index contributed by atoms with van der Waals surface area (Å²) < 4.78 is 0. The molecule has 0 aliphatic heterocycles. The van der Waals surface area contributed by atoms with Crippen LogP contribution in [0.5, 0.6) is 0 Å². The fourth-order valence-corrected chi connectivity index (χ4v) is 0.699. The normalized spacial score (nSPS) is 15.8. The second kappa shape index (κ2) is 5.21. The highest BCUT2D eigenvalue weighted by Gasteiger charge is 2.12. The zero-order valence-electron chi connectivity index (χ0n) is 6.03. The van der Waals surface area contributed by atoms with E-state index >= 15 is 0 Å². The van der Waals surface area contributed by atoms with E-state index in [1.54, 1.807) is 12.2 Å². The molecule has 0 aromatic rings. The number of hydrogen-bond donors (Lipinski definition) is 2. The minimum atomic E-state index is -0.542. The molecule has 0 aromatic heterocycles. The zero-order chi connectivity index (χ0) is 7.98. The lowest BCUT2D eigenvalue weighted by Gasteiger charge is -2.14. The SMILES string of the molecule is C=CCC(O)C(C=C)CO. The van der Waals surface area contributed by atoms with Gasteiger partial charge in [0.25, 0.3) is 0 Å². The Morgan fingerprint density at radius 2 is 2.00 bits per heavy atom. The summed E-state index contributed by atoms with van der Waals surface area (Å²) >= 11 is 0. The smallest absolute Gasteiger partial charge is 0.0659 e. The summed E-state index contributed by atoms with van der Waals surface area (Å²) in [5.41, 5.74) is 0. The van der Waals surface area contributed by atoms with E-state index < -0.39 is 6.10 Å². The predicted octanol–water partition coefficient (Wildman–Crippen LogP) is 0.718. The number of aliphatic hydroxyl groups excluding tert-OH is 2. The standard InChI is InChI=1S/C8H14O2/c1-3-5-8(10)7(4-2)6-9/h3-4,7-10H,1-2,5-6H2. The van der Waals surface area contributed by atoms with Gasteiger partial charge in [-0.15, -0.1) is 13.2 Å². The van der Waals surface area contributed by atoms with Crippen LogP contribution in [0.1, 0.15) is 6.42 Å². The highest BCUT2D eigenvalue weighted by atomic mass is 16.3. The first kappa shape index (κ1) is 9.40. The molecule has 2 atom stereocenters. The molecule has 0 saturated carbocycles. The summed E-state index contributed by atoms with van der Waals surface area (Å²) in [6.45, 7) is 6.90. The Morgan fingerprint density at radius 3 is 2.30 bits per heavy atom. The first-order valence-corrected chi connectivity index (χ1v) is 3.28. The summed E-state index contributed by atoms with van der Waals surface area (Å²) in [7, 11) is 0. The third-order valence-corrected chi connectivity index (χ3v) is 1.42. The van der Waals surface area contributed by atoms with Gasteiger partial charge >= 0.3 is 0 Å². The molecule has 0 aliphatic rings. The Balaban J connectivity index is 3.74. The molecule has 0 aromatic carbocycles. The van der Waals surface area contributed by atoms with Crippen molar-refractivity contribution in [3.05, 3.63) is 25.3 Å². The molecule has 0 bridgehead atoms. The topological polar surface area (TPSA) is 40.5 Å². The Kier molecular flexibility index (Phi) is 4.89. The summed E-state index contributed by atoms with van der Waals surface area (Å²) in [6, 6.07) is 0. The van der Waals surface area contributed by atoms with Gasteiger partial charge in [0.2, 0.25) is 0 Å². The van der Waals surface area contributed by atoms with Gasteiger partial charge in [-0.2, -0.15) is 0 Å². The summed E-state index contributed by atoms with van der Waals surface area (Å²) in [5, 5.41) is 17.9. The van der Waals surface area contributed by atoms with Gasteiger partial charge in [-0.05, 0) is 6.42 Å². The summed E-state index contributed by atoms with van der Waals surface area (Å²) in [4.78, 5) is 0. The van der Waals surface area contributed by atoms with Crippen LogP contribution in [0.2, 0.25) is 0 Å². The van der Waals surface area contributed by atoms with Crippen LogP contribution in [-0.4, -0.2) is 22.9 Å². The molecule has 0 rings (SSSR count). The maximum atomic E-state index is 9.21. The molecule has 58 valence electrons. The summed E-state index contributed by atoms with van der Waals surface area (Å²) in [5.74, 6) is -0.224. The molecule has 0 saturated heterocycles. The van der Waals surface area contributed by atoms with E-state index in [-0.39, 0.29) is 12.5 Å². The molecule has 2 heteroatoms. The lowest BCUT2D eigenvalue weighted by atomic mass is 10.0. The van der Waals surface area contributed by atoms with Crippen molar-refractivity contribution < 1.29 is 10.2 Å². The van der Waals surface area contributed by atoms with Crippen LogP contribution in [0.25, 0.3) is 0 Å². The van der Waals surface area contributed by atoms with Crippen LogP contribution < -0.4 is 0 Å². The Labute approximate surface area is 61.5 Å². The van der Waals surface area contributed by atoms with Crippen LogP contribution in [0, 0.1) is 5.92 Å². The predicted molar refractivity (Wildman–Crippen MR) is 41.6 cm³/mol. The minimum absolute atomic E-state index is 0.0570. The molecular formula is C8H14O2. The number of aliphatic hydroxyl groups is 2. The fraction of sp³-hybridized carbons (Fsp3) is 0.500. The van der Waals surface area contributed by atoms with E-state index in [1.165, 1.54) is 0 Å². The van der Waals surface area contributed by atoms with Gasteiger partial charge in [0.15, 0.2) is 0 Å². The largest absolute Gasteiger partial charge is 0.396 e. The lowest BCUT2D eigenvalue weighted by molar-refractivity contribution is 0.0943.